The minimum absolute atomic E-state index is 0. The molecule has 1 fully saturated rings. The highest BCUT2D eigenvalue weighted by atomic mass is 79.9. The number of aromatic nitrogens is 1. The standard InChI is InChI=1S/C15H24BrN3O.ClH/c1-10(2)19-9-12(16)7-13(19)15(20)18-6-4-5-11(3)14(18)8-17;/h7,9-11,14H,4-6,8,17H2,1-3H3;1H. The topological polar surface area (TPSA) is 51.3 Å². The lowest BCUT2D eigenvalue weighted by molar-refractivity contribution is 0.0520. The van der Waals surface area contributed by atoms with Crippen molar-refractivity contribution in [3.8, 4) is 0 Å². The van der Waals surface area contributed by atoms with Crippen molar-refractivity contribution in [1.82, 2.24) is 9.47 Å². The van der Waals surface area contributed by atoms with E-state index in [1.807, 2.05) is 21.7 Å². The normalized spacial score (nSPS) is 22.3. The molecule has 21 heavy (non-hydrogen) atoms. The predicted molar refractivity (Wildman–Crippen MR) is 92.0 cm³/mol. The van der Waals surface area contributed by atoms with Crippen LogP contribution < -0.4 is 5.73 Å². The highest BCUT2D eigenvalue weighted by molar-refractivity contribution is 9.10. The van der Waals surface area contributed by atoms with Crippen molar-refractivity contribution in [3.63, 3.8) is 0 Å². The first-order valence-electron chi connectivity index (χ1n) is 7.34. The molecule has 1 aliphatic rings. The number of carbonyl (C=O) groups is 1. The fraction of sp³-hybridized carbons (Fsp3) is 0.667. The SMILES string of the molecule is CC1CCCN(C(=O)c2cc(Br)cn2C(C)C)C1CN.Cl. The first-order chi connectivity index (χ1) is 9.45. The van der Waals surface area contributed by atoms with E-state index in [1.54, 1.807) is 0 Å². The van der Waals surface area contributed by atoms with Crippen molar-refractivity contribution < 1.29 is 4.79 Å². The van der Waals surface area contributed by atoms with Gasteiger partial charge in [0.05, 0.1) is 0 Å². The summed E-state index contributed by atoms with van der Waals surface area (Å²) in [5, 5.41) is 0. The number of likely N-dealkylation sites (tertiary alicyclic amines) is 1. The van der Waals surface area contributed by atoms with Gasteiger partial charge in [-0.2, -0.15) is 0 Å². The van der Waals surface area contributed by atoms with Crippen LogP contribution in [0.4, 0.5) is 0 Å². The summed E-state index contributed by atoms with van der Waals surface area (Å²) in [5.74, 6) is 0.579. The number of carbonyl (C=O) groups excluding carboxylic acids is 1. The summed E-state index contributed by atoms with van der Waals surface area (Å²) in [4.78, 5) is 14.8. The van der Waals surface area contributed by atoms with Crippen molar-refractivity contribution >= 4 is 34.2 Å². The Morgan fingerprint density at radius 3 is 2.76 bits per heavy atom. The maximum absolute atomic E-state index is 12.9. The minimum atomic E-state index is 0. The molecule has 1 aliphatic heterocycles. The van der Waals surface area contributed by atoms with Crippen LogP contribution in [0.5, 0.6) is 0 Å². The number of nitrogens with two attached hydrogens (primary N) is 1. The van der Waals surface area contributed by atoms with Crippen molar-refractivity contribution in [2.75, 3.05) is 13.1 Å². The lowest BCUT2D eigenvalue weighted by Crippen LogP contribution is -2.51. The second-order valence-corrected chi connectivity index (χ2v) is 6.88. The van der Waals surface area contributed by atoms with Gasteiger partial charge in [0, 0.05) is 35.8 Å². The molecule has 0 saturated carbocycles. The first kappa shape index (κ1) is 18.5. The van der Waals surface area contributed by atoms with E-state index < -0.39 is 0 Å². The number of rotatable bonds is 3. The molecular formula is C15H25BrClN3O. The lowest BCUT2D eigenvalue weighted by Gasteiger charge is -2.39. The molecule has 4 nitrogen and oxygen atoms in total. The zero-order valence-electron chi connectivity index (χ0n) is 12.9. The van der Waals surface area contributed by atoms with Gasteiger partial charge in [-0.25, -0.2) is 0 Å². The molecule has 2 atom stereocenters. The van der Waals surface area contributed by atoms with Crippen LogP contribution >= 0.6 is 28.3 Å². The second-order valence-electron chi connectivity index (χ2n) is 5.97. The molecule has 1 amide bonds. The summed E-state index contributed by atoms with van der Waals surface area (Å²) < 4.78 is 2.98. The summed E-state index contributed by atoms with van der Waals surface area (Å²) in [6, 6.07) is 2.33. The summed E-state index contributed by atoms with van der Waals surface area (Å²) in [5.41, 5.74) is 6.64. The molecule has 2 rings (SSSR count). The third-order valence-electron chi connectivity index (χ3n) is 4.21. The van der Waals surface area contributed by atoms with Gasteiger partial charge in [-0.3, -0.25) is 4.79 Å². The quantitative estimate of drug-likeness (QED) is 0.875. The van der Waals surface area contributed by atoms with Crippen LogP contribution in [-0.4, -0.2) is 34.5 Å². The number of halogens is 2. The van der Waals surface area contributed by atoms with Crippen LogP contribution in [0.15, 0.2) is 16.7 Å². The molecule has 0 spiro atoms. The molecule has 2 unspecified atom stereocenters. The van der Waals surface area contributed by atoms with Crippen LogP contribution in [0.1, 0.15) is 50.1 Å². The first-order valence-corrected chi connectivity index (χ1v) is 8.13. The Hall–Kier alpha value is -0.520. The highest BCUT2D eigenvalue weighted by Crippen LogP contribution is 2.27. The van der Waals surface area contributed by atoms with Gasteiger partial charge in [0.2, 0.25) is 0 Å². The van der Waals surface area contributed by atoms with E-state index in [0.29, 0.717) is 12.5 Å². The maximum atomic E-state index is 12.9. The van der Waals surface area contributed by atoms with Gasteiger partial charge in [-0.1, -0.05) is 6.92 Å². The molecule has 1 aromatic rings. The Labute approximate surface area is 141 Å². The van der Waals surface area contributed by atoms with E-state index in [-0.39, 0.29) is 30.4 Å². The van der Waals surface area contributed by atoms with E-state index in [0.717, 1.165) is 29.6 Å². The van der Waals surface area contributed by atoms with Crippen LogP contribution in [0.2, 0.25) is 0 Å². The molecule has 2 heterocycles. The van der Waals surface area contributed by atoms with Crippen LogP contribution in [0, 0.1) is 5.92 Å². The summed E-state index contributed by atoms with van der Waals surface area (Å²) in [7, 11) is 0. The van der Waals surface area contributed by atoms with E-state index in [4.69, 9.17) is 5.73 Å². The molecule has 120 valence electrons. The van der Waals surface area contributed by atoms with Crippen LogP contribution in [0.3, 0.4) is 0 Å². The Morgan fingerprint density at radius 2 is 2.19 bits per heavy atom. The average molecular weight is 379 g/mol. The van der Waals surface area contributed by atoms with Gasteiger partial charge < -0.3 is 15.2 Å². The van der Waals surface area contributed by atoms with Crippen molar-refractivity contribution in [1.29, 1.82) is 0 Å². The number of piperidine rings is 1. The summed E-state index contributed by atoms with van der Waals surface area (Å²) in [6.45, 7) is 7.71. The molecule has 1 aromatic heterocycles. The van der Waals surface area contributed by atoms with E-state index in [9.17, 15) is 4.79 Å². The molecule has 0 aliphatic carbocycles. The summed E-state index contributed by atoms with van der Waals surface area (Å²) in [6.07, 6.45) is 4.19. The van der Waals surface area contributed by atoms with Crippen molar-refractivity contribution in [2.24, 2.45) is 11.7 Å². The highest BCUT2D eigenvalue weighted by Gasteiger charge is 2.32. The molecule has 2 N–H and O–H groups in total. The van der Waals surface area contributed by atoms with Crippen LogP contribution in [-0.2, 0) is 0 Å². The molecule has 0 bridgehead atoms. The predicted octanol–water partition coefficient (Wildman–Crippen LogP) is 3.45. The van der Waals surface area contributed by atoms with Crippen LogP contribution in [0.25, 0.3) is 0 Å². The Morgan fingerprint density at radius 1 is 1.52 bits per heavy atom. The maximum Gasteiger partial charge on any atom is 0.270 e. The molecular weight excluding hydrogens is 354 g/mol. The van der Waals surface area contributed by atoms with Crippen molar-refractivity contribution in [2.45, 2.75) is 45.7 Å². The fourth-order valence-corrected chi connectivity index (χ4v) is 3.49. The minimum Gasteiger partial charge on any atom is -0.340 e. The largest absolute Gasteiger partial charge is 0.340 e. The molecule has 0 radical (unpaired) electrons. The van der Waals surface area contributed by atoms with Gasteiger partial charge in [0.25, 0.3) is 5.91 Å². The Kier molecular flexibility index (Phi) is 6.75. The Bertz CT molecular complexity index is 489. The van der Waals surface area contributed by atoms with Gasteiger partial charge in [-0.15, -0.1) is 12.4 Å². The monoisotopic (exact) mass is 377 g/mol. The number of hydrogen-bond acceptors (Lipinski definition) is 2. The zero-order chi connectivity index (χ0) is 14.9. The van der Waals surface area contributed by atoms with E-state index >= 15 is 0 Å². The fourth-order valence-electron chi connectivity index (χ4n) is 3.05. The Balaban J connectivity index is 0.00000220. The zero-order valence-corrected chi connectivity index (χ0v) is 15.3. The molecule has 0 aromatic carbocycles. The number of hydrogen-bond donors (Lipinski definition) is 1. The van der Waals surface area contributed by atoms with Gasteiger partial charge in [0.1, 0.15) is 5.69 Å². The lowest BCUT2D eigenvalue weighted by atomic mass is 9.90. The van der Waals surface area contributed by atoms with Gasteiger partial charge in [0.15, 0.2) is 0 Å². The third-order valence-corrected chi connectivity index (χ3v) is 4.64. The third kappa shape index (κ3) is 3.82. The van der Waals surface area contributed by atoms with Gasteiger partial charge in [-0.05, 0) is 54.6 Å². The number of nitrogens with zero attached hydrogens (tertiary/aromatic N) is 2. The summed E-state index contributed by atoms with van der Waals surface area (Å²) >= 11 is 3.47. The molecule has 6 heteroatoms. The van der Waals surface area contributed by atoms with E-state index in [1.165, 1.54) is 0 Å². The average Bonchev–Trinajstić information content (AvgIpc) is 2.80. The van der Waals surface area contributed by atoms with E-state index in [2.05, 4.69) is 36.7 Å². The van der Waals surface area contributed by atoms with Gasteiger partial charge >= 0.3 is 0 Å². The smallest absolute Gasteiger partial charge is 0.270 e. The second kappa shape index (κ2) is 7.65. The molecule has 1 saturated heterocycles. The van der Waals surface area contributed by atoms with Crippen molar-refractivity contribution in [3.05, 3.63) is 22.4 Å². The number of amides is 1.